The van der Waals surface area contributed by atoms with Crippen molar-refractivity contribution in [1.29, 1.82) is 0 Å². The summed E-state index contributed by atoms with van der Waals surface area (Å²) >= 11 is 0. The fraction of sp³-hybridized carbons (Fsp3) is 0.333. The van der Waals surface area contributed by atoms with Gasteiger partial charge in [0.15, 0.2) is 5.96 Å². The fourth-order valence-electron chi connectivity index (χ4n) is 2.87. The lowest BCUT2D eigenvalue weighted by atomic mass is 10.1. The van der Waals surface area contributed by atoms with E-state index in [1.165, 1.54) is 0 Å². The quantitative estimate of drug-likeness (QED) is 0.612. The first-order chi connectivity index (χ1) is 12.7. The number of rotatable bonds is 4. The van der Waals surface area contributed by atoms with Crippen LogP contribution in [0.1, 0.15) is 15.9 Å². The number of nitrogens with one attached hydrogen (secondary N) is 1. The van der Waals surface area contributed by atoms with Gasteiger partial charge in [-0.05, 0) is 23.8 Å². The van der Waals surface area contributed by atoms with Crippen LogP contribution in [0.25, 0.3) is 0 Å². The van der Waals surface area contributed by atoms with E-state index in [1.54, 1.807) is 31.6 Å². The number of carbonyl (C=O) groups excluding carboxylic acids is 1. The number of aromatic nitrogens is 2. The van der Waals surface area contributed by atoms with Crippen LogP contribution in [0.3, 0.4) is 0 Å². The fourth-order valence-corrected chi connectivity index (χ4v) is 2.87. The second-order valence-corrected chi connectivity index (χ2v) is 5.98. The van der Waals surface area contributed by atoms with Crippen molar-refractivity contribution >= 4 is 17.8 Å². The molecule has 2 heterocycles. The van der Waals surface area contributed by atoms with E-state index in [0.29, 0.717) is 12.1 Å². The number of nitrogens with two attached hydrogens (primary N) is 1. The zero-order chi connectivity index (χ0) is 18.4. The maximum absolute atomic E-state index is 11.1. The highest BCUT2D eigenvalue weighted by atomic mass is 16.1. The summed E-state index contributed by atoms with van der Waals surface area (Å²) < 4.78 is 0. The number of benzene rings is 1. The lowest BCUT2D eigenvalue weighted by Gasteiger charge is -2.36. The molecule has 0 spiro atoms. The molecule has 136 valence electrons. The monoisotopic (exact) mass is 353 g/mol. The Hall–Kier alpha value is -3.16. The molecule has 0 atom stereocenters. The van der Waals surface area contributed by atoms with Crippen LogP contribution in [0.15, 0.2) is 47.7 Å². The Labute approximate surface area is 152 Å². The molecule has 1 aromatic heterocycles. The maximum atomic E-state index is 11.1. The summed E-state index contributed by atoms with van der Waals surface area (Å²) in [6.07, 6.45) is 3.53. The molecule has 8 nitrogen and oxygen atoms in total. The van der Waals surface area contributed by atoms with E-state index >= 15 is 0 Å². The summed E-state index contributed by atoms with van der Waals surface area (Å²) in [4.78, 5) is 28.5. The number of aliphatic imine (C=N–C) groups is 1. The molecule has 0 aliphatic carbocycles. The molecule has 1 aliphatic heterocycles. The minimum absolute atomic E-state index is 0.416. The van der Waals surface area contributed by atoms with Crippen molar-refractivity contribution in [1.82, 2.24) is 20.2 Å². The maximum Gasteiger partial charge on any atom is 0.248 e. The minimum atomic E-state index is -0.416. The van der Waals surface area contributed by atoms with Crippen molar-refractivity contribution in [2.45, 2.75) is 6.54 Å². The molecule has 0 saturated carbocycles. The highest BCUT2D eigenvalue weighted by Crippen LogP contribution is 2.10. The second kappa shape index (κ2) is 8.28. The Morgan fingerprint density at radius 1 is 1.15 bits per heavy atom. The lowest BCUT2D eigenvalue weighted by Crippen LogP contribution is -2.52. The lowest BCUT2D eigenvalue weighted by molar-refractivity contribution is 0.100. The van der Waals surface area contributed by atoms with E-state index in [9.17, 15) is 4.79 Å². The van der Waals surface area contributed by atoms with Crippen molar-refractivity contribution in [3.05, 3.63) is 53.9 Å². The zero-order valence-corrected chi connectivity index (χ0v) is 14.8. The Morgan fingerprint density at radius 3 is 2.38 bits per heavy atom. The number of anilines is 1. The normalized spacial score (nSPS) is 15.0. The van der Waals surface area contributed by atoms with Crippen LogP contribution in [0.4, 0.5) is 5.95 Å². The molecule has 1 saturated heterocycles. The van der Waals surface area contributed by atoms with Gasteiger partial charge in [0.25, 0.3) is 0 Å². The first-order valence-electron chi connectivity index (χ1n) is 8.53. The summed E-state index contributed by atoms with van der Waals surface area (Å²) in [6.45, 7) is 4.01. The number of primary amides is 1. The van der Waals surface area contributed by atoms with Crippen LogP contribution in [-0.4, -0.2) is 60.0 Å². The highest BCUT2D eigenvalue weighted by Gasteiger charge is 2.20. The molecule has 0 unspecified atom stereocenters. The third kappa shape index (κ3) is 4.27. The number of amides is 1. The molecule has 0 radical (unpaired) electrons. The Kier molecular flexibility index (Phi) is 5.62. The number of piperazine rings is 1. The van der Waals surface area contributed by atoms with Crippen LogP contribution in [0.2, 0.25) is 0 Å². The standard InChI is InChI=1S/C18H23N7O/c1-20-17(23-13-14-3-5-15(6-4-14)16(19)26)24-9-11-25(12-10-24)18-21-7-2-8-22-18/h2-8H,9-13H2,1H3,(H2,19,26)(H,20,23). The Balaban J connectivity index is 1.53. The molecule has 0 bridgehead atoms. The van der Waals surface area contributed by atoms with Gasteiger partial charge in [-0.1, -0.05) is 12.1 Å². The predicted molar refractivity (Wildman–Crippen MR) is 101 cm³/mol. The van der Waals surface area contributed by atoms with Crippen LogP contribution in [0.5, 0.6) is 0 Å². The number of hydrogen-bond acceptors (Lipinski definition) is 5. The third-order valence-electron chi connectivity index (χ3n) is 4.32. The Bertz CT molecular complexity index is 753. The van der Waals surface area contributed by atoms with Gasteiger partial charge in [-0.2, -0.15) is 0 Å². The van der Waals surface area contributed by atoms with E-state index < -0.39 is 5.91 Å². The summed E-state index contributed by atoms with van der Waals surface area (Å²) in [5.74, 6) is 1.21. The van der Waals surface area contributed by atoms with Gasteiger partial charge in [-0.25, -0.2) is 9.97 Å². The van der Waals surface area contributed by atoms with E-state index in [4.69, 9.17) is 5.73 Å². The van der Waals surface area contributed by atoms with Gasteiger partial charge in [-0.15, -0.1) is 0 Å². The van der Waals surface area contributed by atoms with Crippen LogP contribution in [-0.2, 0) is 6.54 Å². The molecule has 1 amide bonds. The third-order valence-corrected chi connectivity index (χ3v) is 4.32. The SMILES string of the molecule is CN=C(NCc1ccc(C(N)=O)cc1)N1CCN(c2ncccn2)CC1. The smallest absolute Gasteiger partial charge is 0.248 e. The molecule has 2 aromatic rings. The summed E-state index contributed by atoms with van der Waals surface area (Å²) in [7, 11) is 1.78. The summed E-state index contributed by atoms with van der Waals surface area (Å²) in [5.41, 5.74) is 6.84. The summed E-state index contributed by atoms with van der Waals surface area (Å²) in [6, 6.07) is 9.08. The van der Waals surface area contributed by atoms with Gasteiger partial charge < -0.3 is 20.9 Å². The van der Waals surface area contributed by atoms with Gasteiger partial charge in [0.1, 0.15) is 0 Å². The molecular formula is C18H23N7O. The van der Waals surface area contributed by atoms with Crippen molar-refractivity contribution < 1.29 is 4.79 Å². The van der Waals surface area contributed by atoms with Gasteiger partial charge >= 0.3 is 0 Å². The van der Waals surface area contributed by atoms with Crippen molar-refractivity contribution in [2.75, 3.05) is 38.1 Å². The molecule has 8 heteroatoms. The zero-order valence-electron chi connectivity index (χ0n) is 14.8. The Morgan fingerprint density at radius 2 is 1.81 bits per heavy atom. The molecule has 1 aromatic carbocycles. The topological polar surface area (TPSA) is 99.7 Å². The number of guanidine groups is 1. The average molecular weight is 353 g/mol. The predicted octanol–water partition coefficient (Wildman–Crippen LogP) is 0.473. The first kappa shape index (κ1) is 17.7. The highest BCUT2D eigenvalue weighted by molar-refractivity contribution is 5.92. The number of hydrogen-bond donors (Lipinski definition) is 2. The molecule has 3 N–H and O–H groups in total. The van der Waals surface area contributed by atoms with Crippen LogP contribution >= 0.6 is 0 Å². The molecule has 1 fully saturated rings. The minimum Gasteiger partial charge on any atom is -0.366 e. The van der Waals surface area contributed by atoms with Crippen LogP contribution < -0.4 is 16.0 Å². The van der Waals surface area contributed by atoms with Crippen molar-refractivity contribution in [2.24, 2.45) is 10.7 Å². The molecule has 1 aliphatic rings. The van der Waals surface area contributed by atoms with Gasteiger partial charge in [0, 0.05) is 57.7 Å². The second-order valence-electron chi connectivity index (χ2n) is 5.98. The number of carbonyl (C=O) groups is 1. The average Bonchev–Trinajstić information content (AvgIpc) is 2.70. The largest absolute Gasteiger partial charge is 0.366 e. The van der Waals surface area contributed by atoms with E-state index in [-0.39, 0.29) is 0 Å². The van der Waals surface area contributed by atoms with Crippen molar-refractivity contribution in [3.8, 4) is 0 Å². The van der Waals surface area contributed by atoms with Crippen LogP contribution in [0, 0.1) is 0 Å². The van der Waals surface area contributed by atoms with Gasteiger partial charge in [-0.3, -0.25) is 9.79 Å². The van der Waals surface area contributed by atoms with E-state index in [0.717, 1.165) is 43.7 Å². The number of nitrogens with zero attached hydrogens (tertiary/aromatic N) is 5. The molecular weight excluding hydrogens is 330 g/mol. The first-order valence-corrected chi connectivity index (χ1v) is 8.53. The van der Waals surface area contributed by atoms with Gasteiger partial charge in [0.2, 0.25) is 11.9 Å². The van der Waals surface area contributed by atoms with E-state index in [2.05, 4.69) is 30.1 Å². The van der Waals surface area contributed by atoms with Gasteiger partial charge in [0.05, 0.1) is 0 Å². The van der Waals surface area contributed by atoms with Crippen molar-refractivity contribution in [3.63, 3.8) is 0 Å². The van der Waals surface area contributed by atoms with E-state index in [1.807, 2.05) is 18.2 Å². The molecule has 3 rings (SSSR count). The summed E-state index contributed by atoms with van der Waals surface area (Å²) in [5, 5.41) is 3.37. The molecule has 26 heavy (non-hydrogen) atoms.